The number of fused-ring (bicyclic) bond motifs is 3. The summed E-state index contributed by atoms with van der Waals surface area (Å²) < 4.78 is 0. The average molecular weight is 301 g/mol. The molecule has 9 heteroatoms. The highest BCUT2D eigenvalue weighted by Crippen LogP contribution is 2.39. The lowest BCUT2D eigenvalue weighted by Crippen LogP contribution is -2.41. The van der Waals surface area contributed by atoms with Crippen LogP contribution in [0.2, 0.25) is 0 Å². The second kappa shape index (κ2) is 4.60. The fourth-order valence-corrected chi connectivity index (χ4v) is 3.28. The highest BCUT2D eigenvalue weighted by Gasteiger charge is 2.26. The molecule has 3 heterocycles. The zero-order chi connectivity index (χ0) is 15.1. The van der Waals surface area contributed by atoms with E-state index in [1.54, 1.807) is 14.0 Å². The standard InChI is InChI=1S/C12H11N7OS/c1-4-5(3-13)9(14)17-11-6(4)7-8(21-11)10(20)18-19-12(15-2)16-7/h1-2H3,(H2,14,17)(H,18,20)(H2,15,16,19). The molecule has 0 radical (unpaired) electrons. The SMILES string of the molecule is CN=C1NNC(=O)c2sc3nc(N)c(C#N)c(C)c3c2N1. The second-order valence-electron chi connectivity index (χ2n) is 4.37. The topological polar surface area (TPSA) is 128 Å². The first-order chi connectivity index (χ1) is 10.1. The van der Waals surface area contributed by atoms with Crippen molar-refractivity contribution < 1.29 is 4.79 Å². The number of carbonyl (C=O) groups excluding carboxylic acids is 1. The molecule has 0 saturated carbocycles. The predicted molar refractivity (Wildman–Crippen MR) is 81.1 cm³/mol. The molecule has 0 aliphatic carbocycles. The van der Waals surface area contributed by atoms with Gasteiger partial charge in [-0.25, -0.2) is 4.98 Å². The number of amides is 1. The van der Waals surface area contributed by atoms with Gasteiger partial charge in [0.25, 0.3) is 5.91 Å². The molecule has 5 N–H and O–H groups in total. The van der Waals surface area contributed by atoms with Gasteiger partial charge in [0.1, 0.15) is 21.6 Å². The number of aromatic nitrogens is 1. The van der Waals surface area contributed by atoms with E-state index in [0.29, 0.717) is 37.9 Å². The molecule has 0 atom stereocenters. The number of aryl methyl sites for hydroxylation is 1. The van der Waals surface area contributed by atoms with Crippen molar-refractivity contribution in [1.29, 1.82) is 5.26 Å². The van der Waals surface area contributed by atoms with E-state index in [-0.39, 0.29) is 11.7 Å². The zero-order valence-corrected chi connectivity index (χ0v) is 12.1. The molecule has 0 saturated heterocycles. The van der Waals surface area contributed by atoms with Crippen LogP contribution in [0.3, 0.4) is 0 Å². The molecule has 1 amide bonds. The molecule has 2 aromatic rings. The molecule has 3 rings (SSSR count). The molecule has 0 aromatic carbocycles. The lowest BCUT2D eigenvalue weighted by molar-refractivity contribution is 0.0950. The second-order valence-corrected chi connectivity index (χ2v) is 5.37. The van der Waals surface area contributed by atoms with E-state index in [2.05, 4.69) is 26.1 Å². The van der Waals surface area contributed by atoms with Gasteiger partial charge in [0.05, 0.1) is 11.3 Å². The summed E-state index contributed by atoms with van der Waals surface area (Å²) >= 11 is 1.21. The minimum atomic E-state index is -0.296. The molecule has 1 aliphatic rings. The first kappa shape index (κ1) is 13.1. The number of pyridine rings is 1. The van der Waals surface area contributed by atoms with Gasteiger partial charge in [-0.1, -0.05) is 0 Å². The number of nitrogen functional groups attached to an aromatic ring is 1. The molecule has 0 spiro atoms. The van der Waals surface area contributed by atoms with Crippen LogP contribution in [-0.2, 0) is 0 Å². The third-order valence-electron chi connectivity index (χ3n) is 3.20. The summed E-state index contributed by atoms with van der Waals surface area (Å²) in [6.45, 7) is 1.78. The number of guanidine groups is 1. The van der Waals surface area contributed by atoms with Crippen LogP contribution in [0.4, 0.5) is 11.5 Å². The number of rotatable bonds is 0. The Morgan fingerprint density at radius 1 is 1.43 bits per heavy atom. The van der Waals surface area contributed by atoms with Crippen molar-refractivity contribution in [3.63, 3.8) is 0 Å². The van der Waals surface area contributed by atoms with Crippen LogP contribution in [0.1, 0.15) is 20.8 Å². The van der Waals surface area contributed by atoms with Gasteiger partial charge in [-0.2, -0.15) is 5.26 Å². The van der Waals surface area contributed by atoms with E-state index in [4.69, 9.17) is 5.73 Å². The van der Waals surface area contributed by atoms with Crippen molar-refractivity contribution in [2.45, 2.75) is 6.92 Å². The highest BCUT2D eigenvalue weighted by molar-refractivity contribution is 7.21. The van der Waals surface area contributed by atoms with Crippen LogP contribution in [0.5, 0.6) is 0 Å². The van der Waals surface area contributed by atoms with Crippen molar-refractivity contribution in [3.8, 4) is 6.07 Å². The lowest BCUT2D eigenvalue weighted by Gasteiger charge is -2.09. The summed E-state index contributed by atoms with van der Waals surface area (Å²) in [5.41, 5.74) is 12.6. The predicted octanol–water partition coefficient (Wildman–Crippen LogP) is 0.704. The summed E-state index contributed by atoms with van der Waals surface area (Å²) in [5, 5.41) is 13.0. The Hall–Kier alpha value is -2.86. The van der Waals surface area contributed by atoms with Crippen molar-refractivity contribution >= 4 is 44.9 Å². The van der Waals surface area contributed by atoms with Gasteiger partial charge >= 0.3 is 0 Å². The third kappa shape index (κ3) is 1.85. The molecule has 0 unspecified atom stereocenters. The maximum atomic E-state index is 12.1. The van der Waals surface area contributed by atoms with E-state index < -0.39 is 0 Å². The van der Waals surface area contributed by atoms with E-state index in [0.717, 1.165) is 0 Å². The first-order valence-corrected chi connectivity index (χ1v) is 6.81. The monoisotopic (exact) mass is 301 g/mol. The Kier molecular flexibility index (Phi) is 2.88. The number of anilines is 2. The molecule has 106 valence electrons. The Balaban J connectivity index is 2.38. The van der Waals surface area contributed by atoms with E-state index in [9.17, 15) is 10.1 Å². The van der Waals surface area contributed by atoms with Gasteiger partial charge < -0.3 is 11.1 Å². The molecular weight excluding hydrogens is 290 g/mol. The van der Waals surface area contributed by atoms with Gasteiger partial charge in [0.2, 0.25) is 5.96 Å². The Morgan fingerprint density at radius 2 is 2.19 bits per heavy atom. The Labute approximate surface area is 123 Å². The summed E-state index contributed by atoms with van der Waals surface area (Å²) in [5.74, 6) is 0.272. The number of nitriles is 1. The third-order valence-corrected chi connectivity index (χ3v) is 4.28. The Bertz CT molecular complexity index is 846. The Morgan fingerprint density at radius 3 is 2.86 bits per heavy atom. The van der Waals surface area contributed by atoms with Crippen molar-refractivity contribution in [2.24, 2.45) is 4.99 Å². The lowest BCUT2D eigenvalue weighted by atomic mass is 10.1. The first-order valence-electron chi connectivity index (χ1n) is 5.99. The summed E-state index contributed by atoms with van der Waals surface area (Å²) in [6, 6.07) is 2.05. The molecule has 1 aliphatic heterocycles. The number of nitrogens with zero attached hydrogens (tertiary/aromatic N) is 3. The van der Waals surface area contributed by atoms with Crippen LogP contribution >= 0.6 is 11.3 Å². The molecule has 0 bridgehead atoms. The number of hydrogen-bond donors (Lipinski definition) is 4. The fraction of sp³-hybridized carbons (Fsp3) is 0.167. The molecule has 2 aromatic heterocycles. The summed E-state index contributed by atoms with van der Waals surface area (Å²) in [4.78, 5) is 21.4. The highest BCUT2D eigenvalue weighted by atomic mass is 32.1. The van der Waals surface area contributed by atoms with Crippen LogP contribution in [0.15, 0.2) is 4.99 Å². The van der Waals surface area contributed by atoms with E-state index >= 15 is 0 Å². The normalized spacial score (nSPS) is 15.7. The number of nitrogens with two attached hydrogens (primary N) is 1. The fourth-order valence-electron chi connectivity index (χ4n) is 2.18. The van der Waals surface area contributed by atoms with Gasteiger partial charge in [-0.15, -0.1) is 11.3 Å². The van der Waals surface area contributed by atoms with Crippen molar-refractivity contribution in [3.05, 3.63) is 16.0 Å². The van der Waals surface area contributed by atoms with Crippen LogP contribution in [0, 0.1) is 18.3 Å². The molecular formula is C12H11N7OS. The van der Waals surface area contributed by atoms with Crippen LogP contribution in [-0.4, -0.2) is 23.9 Å². The van der Waals surface area contributed by atoms with Crippen molar-refractivity contribution in [1.82, 2.24) is 15.8 Å². The zero-order valence-electron chi connectivity index (χ0n) is 11.2. The van der Waals surface area contributed by atoms with Crippen molar-refractivity contribution in [2.75, 3.05) is 18.1 Å². The summed E-state index contributed by atoms with van der Waals surface area (Å²) in [7, 11) is 1.59. The maximum absolute atomic E-state index is 12.1. The number of nitrogens with one attached hydrogen (secondary N) is 3. The van der Waals surface area contributed by atoms with Crippen LogP contribution in [0.25, 0.3) is 10.2 Å². The van der Waals surface area contributed by atoms with E-state index in [1.807, 2.05) is 6.07 Å². The van der Waals surface area contributed by atoms with Gasteiger partial charge in [-0.3, -0.25) is 20.6 Å². The van der Waals surface area contributed by atoms with E-state index in [1.165, 1.54) is 11.3 Å². The number of thiophene rings is 1. The minimum Gasteiger partial charge on any atom is -0.383 e. The molecule has 21 heavy (non-hydrogen) atoms. The maximum Gasteiger partial charge on any atom is 0.281 e. The number of hydrazine groups is 1. The largest absolute Gasteiger partial charge is 0.383 e. The van der Waals surface area contributed by atoms with Gasteiger partial charge in [-0.05, 0) is 12.5 Å². The smallest absolute Gasteiger partial charge is 0.281 e. The molecule has 0 fully saturated rings. The minimum absolute atomic E-state index is 0.168. The molecule has 8 nitrogen and oxygen atoms in total. The number of aliphatic imine (C=N–C) groups is 1. The van der Waals surface area contributed by atoms with Gasteiger partial charge in [0, 0.05) is 12.4 Å². The quantitative estimate of drug-likeness (QED) is 0.567. The average Bonchev–Trinajstić information content (AvgIpc) is 2.74. The van der Waals surface area contributed by atoms with Gasteiger partial charge in [0.15, 0.2) is 0 Å². The number of carbonyl (C=O) groups is 1. The number of hydrogen-bond acceptors (Lipinski definition) is 6. The summed E-state index contributed by atoms with van der Waals surface area (Å²) in [6.07, 6.45) is 0. The van der Waals surface area contributed by atoms with Crippen LogP contribution < -0.4 is 21.9 Å².